The number of aromatic hydroxyl groups is 1. The van der Waals surface area contributed by atoms with E-state index >= 15 is 0 Å². The number of H-pyrrole nitrogens is 1. The number of benzene rings is 2. The number of nitrogens with zero attached hydrogens (tertiary/aromatic N) is 2. The molecule has 0 saturated heterocycles. The number of hydrogen-bond acceptors (Lipinski definition) is 5. The van der Waals surface area contributed by atoms with Crippen LogP contribution < -0.4 is 19.9 Å². The molecule has 0 unspecified atom stereocenters. The van der Waals surface area contributed by atoms with Crippen LogP contribution in [-0.2, 0) is 0 Å². The molecule has 0 bridgehead atoms. The Morgan fingerprint density at radius 1 is 1.08 bits per heavy atom. The first-order valence-corrected chi connectivity index (χ1v) is 7.39. The molecule has 2 heterocycles. The Hall–Kier alpha value is -3.28. The van der Waals surface area contributed by atoms with E-state index in [0.717, 1.165) is 27.0 Å². The Bertz CT molecular complexity index is 1100. The second-order valence-corrected chi connectivity index (χ2v) is 5.45. The van der Waals surface area contributed by atoms with Gasteiger partial charge in [-0.3, -0.25) is 0 Å². The van der Waals surface area contributed by atoms with Crippen LogP contribution in [0.4, 0.5) is 5.69 Å². The van der Waals surface area contributed by atoms with Gasteiger partial charge in [0.25, 0.3) is 0 Å². The lowest BCUT2D eigenvalue weighted by molar-refractivity contribution is 0.356. The molecule has 3 aromatic rings. The van der Waals surface area contributed by atoms with Crippen molar-refractivity contribution >= 4 is 28.9 Å². The normalized spacial score (nSPS) is 13.2. The van der Waals surface area contributed by atoms with Crippen molar-refractivity contribution in [1.82, 2.24) is 4.98 Å². The van der Waals surface area contributed by atoms with E-state index in [2.05, 4.69) is 15.2 Å². The first-order valence-electron chi connectivity index (χ1n) is 7.39. The fourth-order valence-corrected chi connectivity index (χ4v) is 2.84. The number of nitrogens with one attached hydrogen (secondary N) is 1. The number of aromatic amines is 1. The Balaban J connectivity index is 1.93. The molecular formula is C18H15N3O3. The monoisotopic (exact) mass is 321 g/mol. The number of hydrogen-bond donors (Lipinski definition) is 2. The van der Waals surface area contributed by atoms with E-state index in [-0.39, 0.29) is 5.88 Å². The fourth-order valence-electron chi connectivity index (χ4n) is 2.84. The summed E-state index contributed by atoms with van der Waals surface area (Å²) in [6, 6.07) is 9.50. The smallest absolute Gasteiger partial charge is 0.196 e. The van der Waals surface area contributed by atoms with E-state index in [0.29, 0.717) is 17.1 Å². The molecule has 2 N–H and O–H groups in total. The van der Waals surface area contributed by atoms with Crippen LogP contribution in [0.2, 0.25) is 0 Å². The highest BCUT2D eigenvalue weighted by molar-refractivity contribution is 5.94. The number of ether oxygens (including phenoxy) is 2. The summed E-state index contributed by atoms with van der Waals surface area (Å²) in [7, 11) is 3.16. The lowest BCUT2D eigenvalue weighted by Crippen LogP contribution is -2.06. The van der Waals surface area contributed by atoms with Gasteiger partial charge in [-0.2, -0.15) is 10.2 Å². The summed E-state index contributed by atoms with van der Waals surface area (Å²) < 4.78 is 10.7. The van der Waals surface area contributed by atoms with Crippen molar-refractivity contribution in [3.63, 3.8) is 0 Å². The molecule has 2 aromatic carbocycles. The average Bonchev–Trinajstić information content (AvgIpc) is 3.17. The summed E-state index contributed by atoms with van der Waals surface area (Å²) in [5, 5.41) is 21.0. The van der Waals surface area contributed by atoms with Crippen molar-refractivity contribution in [3.05, 3.63) is 46.3 Å². The minimum Gasteiger partial charge on any atom is -0.494 e. The van der Waals surface area contributed by atoms with Crippen LogP contribution >= 0.6 is 0 Å². The zero-order valence-corrected chi connectivity index (χ0v) is 13.2. The van der Waals surface area contributed by atoms with Crippen LogP contribution in [0.3, 0.4) is 0 Å². The summed E-state index contributed by atoms with van der Waals surface area (Å²) in [6.07, 6.45) is 3.62. The van der Waals surface area contributed by atoms with Crippen molar-refractivity contribution in [2.24, 2.45) is 10.2 Å². The standard InChI is InChI=1S/C18H15N3O3/c1-23-16-7-12-13(18(22)20-15(12)8-17(16)24-2)5-10-3-4-11-9-19-21-14(11)6-10/h3-9,20,22H,1-2H3/b10-5+. The minimum atomic E-state index is 0.0917. The Kier molecular flexibility index (Phi) is 3.23. The number of rotatable bonds is 3. The first kappa shape index (κ1) is 14.3. The number of methoxy groups -OCH3 is 2. The Morgan fingerprint density at radius 3 is 2.67 bits per heavy atom. The van der Waals surface area contributed by atoms with Gasteiger partial charge in [-0.25, -0.2) is 0 Å². The maximum absolute atomic E-state index is 10.3. The maximum Gasteiger partial charge on any atom is 0.196 e. The topological polar surface area (TPSA) is 79.2 Å². The van der Waals surface area contributed by atoms with E-state index in [9.17, 15) is 5.11 Å². The lowest BCUT2D eigenvalue weighted by atomic mass is 10.1. The van der Waals surface area contributed by atoms with E-state index in [4.69, 9.17) is 9.47 Å². The lowest BCUT2D eigenvalue weighted by Gasteiger charge is -2.07. The molecule has 4 rings (SSSR count). The molecular weight excluding hydrogens is 306 g/mol. The van der Waals surface area contributed by atoms with Crippen LogP contribution in [0.1, 0.15) is 5.56 Å². The zero-order valence-electron chi connectivity index (χ0n) is 13.2. The van der Waals surface area contributed by atoms with Gasteiger partial charge in [0, 0.05) is 22.2 Å². The van der Waals surface area contributed by atoms with Crippen molar-refractivity contribution in [1.29, 1.82) is 0 Å². The largest absolute Gasteiger partial charge is 0.494 e. The zero-order chi connectivity index (χ0) is 16.7. The average molecular weight is 321 g/mol. The number of azo groups is 1. The number of aromatic nitrogens is 1. The summed E-state index contributed by atoms with van der Waals surface area (Å²) in [6.45, 7) is 0. The van der Waals surface area contributed by atoms with E-state index in [1.165, 1.54) is 0 Å². The molecule has 1 aliphatic heterocycles. The minimum absolute atomic E-state index is 0.0917. The highest BCUT2D eigenvalue weighted by atomic mass is 16.5. The van der Waals surface area contributed by atoms with Crippen LogP contribution in [0.25, 0.3) is 23.2 Å². The SMILES string of the molecule is COc1cc2[nH]c(O)c(/C=c3\ccc4c(c3)N=NC=4)c2cc1OC. The Labute approximate surface area is 137 Å². The van der Waals surface area contributed by atoms with Crippen LogP contribution in [0.15, 0.2) is 40.6 Å². The van der Waals surface area contributed by atoms with Gasteiger partial charge in [-0.15, -0.1) is 0 Å². The third-order valence-electron chi connectivity index (χ3n) is 4.05. The first-order chi connectivity index (χ1) is 11.7. The van der Waals surface area contributed by atoms with Crippen molar-refractivity contribution in [2.75, 3.05) is 14.2 Å². The van der Waals surface area contributed by atoms with Crippen LogP contribution in [-0.4, -0.2) is 24.3 Å². The molecule has 0 saturated carbocycles. The highest BCUT2D eigenvalue weighted by Gasteiger charge is 2.13. The van der Waals surface area contributed by atoms with Gasteiger partial charge in [0.2, 0.25) is 0 Å². The predicted molar refractivity (Wildman–Crippen MR) is 91.3 cm³/mol. The summed E-state index contributed by atoms with van der Waals surface area (Å²) in [5.41, 5.74) is 2.28. The van der Waals surface area contributed by atoms with Crippen molar-refractivity contribution in [2.45, 2.75) is 0 Å². The maximum atomic E-state index is 10.3. The highest BCUT2D eigenvalue weighted by Crippen LogP contribution is 2.36. The molecule has 0 spiro atoms. The molecule has 0 amide bonds. The molecule has 1 aromatic heterocycles. The fraction of sp³-hybridized carbons (Fsp3) is 0.111. The second-order valence-electron chi connectivity index (χ2n) is 5.45. The molecule has 0 radical (unpaired) electrons. The van der Waals surface area contributed by atoms with Gasteiger partial charge < -0.3 is 19.6 Å². The van der Waals surface area contributed by atoms with E-state index in [1.54, 1.807) is 26.5 Å². The van der Waals surface area contributed by atoms with Gasteiger partial charge in [-0.1, -0.05) is 12.1 Å². The van der Waals surface area contributed by atoms with Gasteiger partial charge in [0.15, 0.2) is 17.4 Å². The van der Waals surface area contributed by atoms with Crippen molar-refractivity contribution in [3.8, 4) is 17.4 Å². The molecule has 0 fully saturated rings. The summed E-state index contributed by atoms with van der Waals surface area (Å²) in [4.78, 5) is 2.97. The molecule has 120 valence electrons. The molecule has 24 heavy (non-hydrogen) atoms. The quantitative estimate of drug-likeness (QED) is 0.778. The van der Waals surface area contributed by atoms with Gasteiger partial charge in [-0.05, 0) is 23.4 Å². The third kappa shape index (κ3) is 2.20. The molecule has 6 heteroatoms. The number of fused-ring (bicyclic) bond motifs is 2. The van der Waals surface area contributed by atoms with Gasteiger partial charge in [0.1, 0.15) is 0 Å². The Morgan fingerprint density at radius 2 is 1.88 bits per heavy atom. The van der Waals surface area contributed by atoms with Gasteiger partial charge >= 0.3 is 0 Å². The van der Waals surface area contributed by atoms with Crippen LogP contribution in [0, 0.1) is 0 Å². The molecule has 1 aliphatic rings. The third-order valence-corrected chi connectivity index (χ3v) is 4.05. The molecule has 0 atom stereocenters. The predicted octanol–water partition coefficient (Wildman–Crippen LogP) is 2.55. The second kappa shape index (κ2) is 5.42. The molecule has 6 nitrogen and oxygen atoms in total. The van der Waals surface area contributed by atoms with E-state index in [1.807, 2.05) is 30.3 Å². The van der Waals surface area contributed by atoms with Gasteiger partial charge in [0.05, 0.1) is 31.6 Å². The summed E-state index contributed by atoms with van der Waals surface area (Å²) >= 11 is 0. The summed E-state index contributed by atoms with van der Waals surface area (Å²) in [5.74, 6) is 1.30. The van der Waals surface area contributed by atoms with E-state index < -0.39 is 0 Å². The van der Waals surface area contributed by atoms with Crippen LogP contribution in [0.5, 0.6) is 17.4 Å². The molecule has 0 aliphatic carbocycles. The van der Waals surface area contributed by atoms with Crippen molar-refractivity contribution < 1.29 is 14.6 Å².